The molecule has 1 radical (unpaired) electrons. The molecule has 5 rings (SSSR count). The molecule has 2 aromatic carbocycles. The summed E-state index contributed by atoms with van der Waals surface area (Å²) in [5.41, 5.74) is 2.30. The molecule has 2 fully saturated rings. The van der Waals surface area contributed by atoms with E-state index in [-0.39, 0.29) is 38.4 Å². The van der Waals surface area contributed by atoms with Crippen molar-refractivity contribution in [3.05, 3.63) is 84.3 Å². The molecule has 32 heavy (non-hydrogen) atoms. The molecule has 167 valence electrons. The summed E-state index contributed by atoms with van der Waals surface area (Å²) in [4.78, 5) is 0. The summed E-state index contributed by atoms with van der Waals surface area (Å²) in [5, 5.41) is 1.08. The van der Waals surface area contributed by atoms with Crippen LogP contribution in [0.4, 0.5) is 0 Å². The summed E-state index contributed by atoms with van der Waals surface area (Å²) in [5.74, 6) is 0. The van der Waals surface area contributed by atoms with Gasteiger partial charge in [0.1, 0.15) is 7.29 Å². The molecular formula is C28H35NOPY-. The number of hydrogen-bond donors (Lipinski definition) is 0. The SMILES string of the molecule is O=[P@]1(N(C2CCCCC2)C2CCCCC2)C(c2ccccc2)=C[CH-][C@H]1c1ccccc1.[Y]. The van der Waals surface area contributed by atoms with E-state index in [0.29, 0.717) is 12.1 Å². The molecule has 2 nitrogen and oxygen atoms in total. The van der Waals surface area contributed by atoms with Crippen LogP contribution in [-0.4, -0.2) is 16.8 Å². The van der Waals surface area contributed by atoms with Gasteiger partial charge in [0.2, 0.25) is 0 Å². The van der Waals surface area contributed by atoms with Gasteiger partial charge >= 0.3 is 0 Å². The third kappa shape index (κ3) is 4.76. The van der Waals surface area contributed by atoms with Crippen LogP contribution in [-0.2, 0) is 37.3 Å². The molecule has 0 N–H and O–H groups in total. The Kier molecular flexibility index (Phi) is 8.55. The van der Waals surface area contributed by atoms with Crippen molar-refractivity contribution in [1.29, 1.82) is 0 Å². The minimum atomic E-state index is -2.84. The Balaban J connectivity index is 0.00000245. The normalized spacial score (nSPS) is 26.9. The molecule has 2 atom stereocenters. The minimum Gasteiger partial charge on any atom is -0.321 e. The quantitative estimate of drug-likeness (QED) is 0.292. The van der Waals surface area contributed by atoms with Crippen molar-refractivity contribution in [1.82, 2.24) is 4.67 Å². The second-order valence-corrected chi connectivity index (χ2v) is 12.3. The molecule has 0 saturated heterocycles. The molecule has 0 amide bonds. The molecule has 2 saturated carbocycles. The molecule has 0 aromatic heterocycles. The van der Waals surface area contributed by atoms with Gasteiger partial charge in [-0.15, -0.1) is 5.31 Å². The van der Waals surface area contributed by atoms with E-state index < -0.39 is 7.29 Å². The summed E-state index contributed by atoms with van der Waals surface area (Å²) in [6.07, 6.45) is 17.0. The van der Waals surface area contributed by atoms with E-state index in [1.54, 1.807) is 0 Å². The zero-order chi connectivity index (χ0) is 21.1. The summed E-state index contributed by atoms with van der Waals surface area (Å²) in [6.45, 7) is 0. The number of hydrogen-bond acceptors (Lipinski definition) is 1. The maximum atomic E-state index is 15.6. The van der Waals surface area contributed by atoms with Gasteiger partial charge in [0.15, 0.2) is 0 Å². The topological polar surface area (TPSA) is 20.3 Å². The molecule has 0 bridgehead atoms. The van der Waals surface area contributed by atoms with Crippen LogP contribution in [0, 0.1) is 6.42 Å². The van der Waals surface area contributed by atoms with Crippen molar-refractivity contribution < 1.29 is 37.3 Å². The fraction of sp³-hybridized carbons (Fsp3) is 0.464. The van der Waals surface area contributed by atoms with Crippen LogP contribution in [0.15, 0.2) is 66.7 Å². The van der Waals surface area contributed by atoms with Gasteiger partial charge in [-0.1, -0.05) is 110 Å². The summed E-state index contributed by atoms with van der Waals surface area (Å²) < 4.78 is 18.2. The van der Waals surface area contributed by atoms with Crippen molar-refractivity contribution in [2.75, 3.05) is 0 Å². The van der Waals surface area contributed by atoms with E-state index in [1.807, 2.05) is 0 Å². The van der Waals surface area contributed by atoms with Crippen LogP contribution in [0.1, 0.15) is 81.0 Å². The Morgan fingerprint density at radius 1 is 0.719 bits per heavy atom. The first-order chi connectivity index (χ1) is 15.3. The zero-order valence-corrected chi connectivity index (χ0v) is 22.8. The van der Waals surface area contributed by atoms with Gasteiger partial charge in [0, 0.05) is 44.8 Å². The maximum Gasteiger partial charge on any atom is 0.102 e. The molecule has 1 heterocycles. The first-order valence-corrected chi connectivity index (χ1v) is 14.1. The second kappa shape index (κ2) is 11.2. The van der Waals surface area contributed by atoms with E-state index in [4.69, 9.17) is 0 Å². The molecule has 2 aromatic rings. The third-order valence-electron chi connectivity index (χ3n) is 7.61. The largest absolute Gasteiger partial charge is 0.321 e. The maximum absolute atomic E-state index is 15.6. The van der Waals surface area contributed by atoms with Gasteiger partial charge in [0.25, 0.3) is 0 Å². The van der Waals surface area contributed by atoms with E-state index in [2.05, 4.69) is 77.8 Å². The third-order valence-corrected chi connectivity index (χ3v) is 11.3. The summed E-state index contributed by atoms with van der Waals surface area (Å²) in [7, 11) is -2.84. The Hall–Kier alpha value is -0.656. The first kappa shape index (κ1) is 24.5. The molecule has 0 spiro atoms. The van der Waals surface area contributed by atoms with Crippen LogP contribution in [0.3, 0.4) is 0 Å². The Morgan fingerprint density at radius 2 is 1.22 bits per heavy atom. The van der Waals surface area contributed by atoms with Crippen LogP contribution in [0.2, 0.25) is 0 Å². The standard InChI is InChI=1S/C28H35NOP.Y/c30-31(29(25-17-9-3-10-18-25)26-19-11-4-12-20-26)27(23-13-5-1-6-14-23)21-22-28(31)24-15-7-2-8-16-24;/h1-2,5-8,13-16,21-22,25-27H,3-4,9-12,17-20H2;/q-1;/t27-,31-;/m0./s1. The zero-order valence-electron chi connectivity index (χ0n) is 19.1. The Morgan fingerprint density at radius 3 is 1.75 bits per heavy atom. The van der Waals surface area contributed by atoms with Crippen molar-refractivity contribution in [3.8, 4) is 0 Å². The fourth-order valence-corrected chi connectivity index (χ4v) is 10.1. The van der Waals surface area contributed by atoms with Crippen molar-refractivity contribution in [2.45, 2.75) is 82.0 Å². The molecule has 1 aliphatic heterocycles. The van der Waals surface area contributed by atoms with Crippen molar-refractivity contribution in [2.24, 2.45) is 0 Å². The second-order valence-electron chi connectivity index (χ2n) is 9.55. The molecule has 0 unspecified atom stereocenters. The van der Waals surface area contributed by atoms with Gasteiger partial charge in [0.05, 0.1) is 0 Å². The van der Waals surface area contributed by atoms with E-state index in [9.17, 15) is 0 Å². The molecule has 2 aliphatic carbocycles. The van der Waals surface area contributed by atoms with Crippen LogP contribution in [0.5, 0.6) is 0 Å². The predicted molar refractivity (Wildman–Crippen MR) is 131 cm³/mol. The summed E-state index contributed by atoms with van der Waals surface area (Å²) >= 11 is 0. The van der Waals surface area contributed by atoms with Gasteiger partial charge in [-0.05, 0) is 31.3 Å². The van der Waals surface area contributed by atoms with Crippen molar-refractivity contribution >= 4 is 12.6 Å². The molecule has 4 heteroatoms. The van der Waals surface area contributed by atoms with Crippen LogP contribution in [0.25, 0.3) is 5.31 Å². The van der Waals surface area contributed by atoms with Crippen LogP contribution >= 0.6 is 7.29 Å². The first-order valence-electron chi connectivity index (χ1n) is 12.3. The monoisotopic (exact) mass is 521 g/mol. The number of allylic oxidation sites excluding steroid dienone is 1. The van der Waals surface area contributed by atoms with Gasteiger partial charge in [-0.3, -0.25) is 4.67 Å². The Labute approximate surface area is 219 Å². The average molecular weight is 521 g/mol. The number of nitrogens with zero attached hydrogens (tertiary/aromatic N) is 1. The van der Waals surface area contributed by atoms with Crippen LogP contribution < -0.4 is 0 Å². The van der Waals surface area contributed by atoms with Gasteiger partial charge in [-0.25, -0.2) is 12.5 Å². The van der Waals surface area contributed by atoms with Gasteiger partial charge < -0.3 is 4.57 Å². The Bertz CT molecular complexity index is 914. The average Bonchev–Trinajstić information content (AvgIpc) is 3.19. The van der Waals surface area contributed by atoms with E-state index in [0.717, 1.165) is 10.9 Å². The van der Waals surface area contributed by atoms with Gasteiger partial charge in [-0.2, -0.15) is 0 Å². The predicted octanol–water partition coefficient (Wildman–Crippen LogP) is 8.23. The fourth-order valence-electron chi connectivity index (χ4n) is 6.15. The number of rotatable bonds is 5. The molecular weight excluding hydrogens is 486 g/mol. The number of benzene rings is 2. The molecule has 3 aliphatic rings. The minimum absolute atomic E-state index is 0. The summed E-state index contributed by atoms with van der Waals surface area (Å²) in [6, 6.07) is 22.0. The van der Waals surface area contributed by atoms with E-state index >= 15 is 4.57 Å². The smallest absolute Gasteiger partial charge is 0.102 e. The van der Waals surface area contributed by atoms with Crippen molar-refractivity contribution in [3.63, 3.8) is 0 Å². The van der Waals surface area contributed by atoms with E-state index in [1.165, 1.54) is 69.8 Å².